The molecule has 2 amide bonds. The second kappa shape index (κ2) is 15.9. The van der Waals surface area contributed by atoms with Crippen molar-refractivity contribution in [2.45, 2.75) is 44.7 Å². The fourth-order valence-electron chi connectivity index (χ4n) is 5.06. The van der Waals surface area contributed by atoms with E-state index in [9.17, 15) is 18.0 Å². The van der Waals surface area contributed by atoms with Crippen molar-refractivity contribution in [3.8, 4) is 11.5 Å². The number of benzene rings is 4. The summed E-state index contributed by atoms with van der Waals surface area (Å²) in [4.78, 5) is 29.7. The Morgan fingerprint density at radius 3 is 2.13 bits per heavy atom. The molecular formula is C36H41N3O6S. The van der Waals surface area contributed by atoms with Gasteiger partial charge in [0.15, 0.2) is 0 Å². The van der Waals surface area contributed by atoms with E-state index in [-0.39, 0.29) is 29.5 Å². The molecule has 0 bridgehead atoms. The van der Waals surface area contributed by atoms with Crippen LogP contribution in [0.4, 0.5) is 5.69 Å². The van der Waals surface area contributed by atoms with Crippen molar-refractivity contribution in [3.05, 3.63) is 120 Å². The molecule has 0 spiro atoms. The van der Waals surface area contributed by atoms with E-state index in [1.54, 1.807) is 55.6 Å². The Kier molecular flexibility index (Phi) is 11.8. The first-order chi connectivity index (χ1) is 22.2. The molecule has 46 heavy (non-hydrogen) atoms. The zero-order valence-corrected chi connectivity index (χ0v) is 27.5. The van der Waals surface area contributed by atoms with Gasteiger partial charge in [-0.25, -0.2) is 8.42 Å². The van der Waals surface area contributed by atoms with Crippen LogP contribution in [0.25, 0.3) is 0 Å². The van der Waals surface area contributed by atoms with Gasteiger partial charge in [-0.1, -0.05) is 60.2 Å². The number of amides is 2. The molecule has 0 saturated heterocycles. The molecule has 0 saturated carbocycles. The van der Waals surface area contributed by atoms with E-state index in [0.717, 1.165) is 21.0 Å². The van der Waals surface area contributed by atoms with Crippen LogP contribution in [-0.2, 0) is 32.6 Å². The van der Waals surface area contributed by atoms with Crippen LogP contribution in [0.5, 0.6) is 11.5 Å². The Morgan fingerprint density at radius 1 is 0.826 bits per heavy atom. The highest BCUT2D eigenvalue weighted by molar-refractivity contribution is 7.92. The van der Waals surface area contributed by atoms with Crippen LogP contribution in [0.1, 0.15) is 30.5 Å². The third-order valence-electron chi connectivity index (χ3n) is 7.43. The second-order valence-electron chi connectivity index (χ2n) is 10.7. The van der Waals surface area contributed by atoms with Gasteiger partial charge in [0.2, 0.25) is 11.8 Å². The number of carbonyl (C=O) groups is 2. The van der Waals surface area contributed by atoms with Gasteiger partial charge in [-0.15, -0.1) is 0 Å². The SMILES string of the molecule is CCNC(=O)[C@H](Cc1ccccc1)N(Cc1cccc(OC)c1)C(=O)CN(c1ccc(OCC)cc1)S(=O)(=O)c1ccc(C)cc1. The van der Waals surface area contributed by atoms with Crippen LogP contribution in [0.3, 0.4) is 0 Å². The molecule has 0 heterocycles. The molecule has 4 aromatic carbocycles. The summed E-state index contributed by atoms with van der Waals surface area (Å²) in [5, 5.41) is 2.87. The number of ether oxygens (including phenoxy) is 2. The van der Waals surface area contributed by atoms with E-state index in [1.165, 1.54) is 17.0 Å². The summed E-state index contributed by atoms with van der Waals surface area (Å²) in [7, 11) is -2.64. The number of methoxy groups -OCH3 is 1. The lowest BCUT2D eigenvalue weighted by Crippen LogP contribution is -2.53. The molecule has 1 N–H and O–H groups in total. The lowest BCUT2D eigenvalue weighted by atomic mass is 10.0. The average molecular weight is 644 g/mol. The van der Waals surface area contributed by atoms with Crippen molar-refractivity contribution >= 4 is 27.5 Å². The molecule has 0 unspecified atom stereocenters. The van der Waals surface area contributed by atoms with Gasteiger partial charge in [0, 0.05) is 19.5 Å². The molecule has 10 heteroatoms. The summed E-state index contributed by atoms with van der Waals surface area (Å²) in [5.41, 5.74) is 2.77. The van der Waals surface area contributed by atoms with Crippen LogP contribution in [-0.4, -0.2) is 58.0 Å². The van der Waals surface area contributed by atoms with Crippen molar-refractivity contribution in [1.29, 1.82) is 0 Å². The monoisotopic (exact) mass is 643 g/mol. The van der Waals surface area contributed by atoms with Gasteiger partial charge in [-0.05, 0) is 80.4 Å². The molecule has 0 aromatic heterocycles. The minimum Gasteiger partial charge on any atom is -0.497 e. The maximum absolute atomic E-state index is 14.5. The maximum Gasteiger partial charge on any atom is 0.264 e. The number of nitrogens with zero attached hydrogens (tertiary/aromatic N) is 2. The summed E-state index contributed by atoms with van der Waals surface area (Å²) in [6, 6.07) is 28.8. The number of sulfonamides is 1. The number of hydrogen-bond acceptors (Lipinski definition) is 6. The third-order valence-corrected chi connectivity index (χ3v) is 9.22. The van der Waals surface area contributed by atoms with Crippen molar-refractivity contribution in [3.63, 3.8) is 0 Å². The molecule has 0 aliphatic rings. The number of rotatable bonds is 15. The lowest BCUT2D eigenvalue weighted by Gasteiger charge is -2.34. The normalized spacial score (nSPS) is 11.7. The fraction of sp³-hybridized carbons (Fsp3) is 0.278. The molecule has 4 rings (SSSR count). The molecule has 242 valence electrons. The quantitative estimate of drug-likeness (QED) is 0.187. The fourth-order valence-corrected chi connectivity index (χ4v) is 6.47. The number of nitrogens with one attached hydrogen (secondary N) is 1. The number of anilines is 1. The Morgan fingerprint density at radius 2 is 1.50 bits per heavy atom. The van der Waals surface area contributed by atoms with E-state index >= 15 is 0 Å². The lowest BCUT2D eigenvalue weighted by molar-refractivity contribution is -0.140. The van der Waals surface area contributed by atoms with E-state index < -0.39 is 28.5 Å². The Balaban J connectivity index is 1.80. The molecule has 9 nitrogen and oxygen atoms in total. The van der Waals surface area contributed by atoms with Gasteiger partial charge < -0.3 is 19.7 Å². The average Bonchev–Trinajstić information content (AvgIpc) is 3.06. The van der Waals surface area contributed by atoms with Gasteiger partial charge in [0.1, 0.15) is 24.1 Å². The third kappa shape index (κ3) is 8.66. The van der Waals surface area contributed by atoms with E-state index in [4.69, 9.17) is 9.47 Å². The topological polar surface area (TPSA) is 105 Å². The smallest absolute Gasteiger partial charge is 0.264 e. The van der Waals surface area contributed by atoms with Crippen molar-refractivity contribution in [2.75, 3.05) is 31.1 Å². The van der Waals surface area contributed by atoms with E-state index in [2.05, 4.69) is 5.32 Å². The number of aryl methyl sites for hydroxylation is 1. The van der Waals surface area contributed by atoms with Crippen molar-refractivity contribution in [1.82, 2.24) is 10.2 Å². The standard InChI is InChI=1S/C36H41N3O6S/c1-5-37-36(41)34(24-28-11-8-7-9-12-28)38(25-29-13-10-14-32(23-29)44-4)35(40)26-39(30-17-19-31(20-18-30)45-6-2)46(42,43)33-21-15-27(3)16-22-33/h7-23,34H,5-6,24-26H2,1-4H3,(H,37,41)/t34-/m0/s1. The number of likely N-dealkylation sites (N-methyl/N-ethyl adjacent to an activating group) is 1. The zero-order chi connectivity index (χ0) is 33.1. The van der Waals surface area contributed by atoms with Gasteiger partial charge in [-0.2, -0.15) is 0 Å². The predicted molar refractivity (Wildman–Crippen MR) is 179 cm³/mol. The first kappa shape index (κ1) is 34.1. The first-order valence-corrected chi connectivity index (χ1v) is 16.7. The molecule has 0 aliphatic carbocycles. The van der Waals surface area contributed by atoms with Crippen LogP contribution in [0.15, 0.2) is 108 Å². The highest BCUT2D eigenvalue weighted by Crippen LogP contribution is 2.27. The largest absolute Gasteiger partial charge is 0.497 e. The highest BCUT2D eigenvalue weighted by atomic mass is 32.2. The molecule has 4 aromatic rings. The summed E-state index contributed by atoms with van der Waals surface area (Å²) >= 11 is 0. The second-order valence-corrected chi connectivity index (χ2v) is 12.6. The molecule has 0 aliphatic heterocycles. The predicted octanol–water partition coefficient (Wildman–Crippen LogP) is 5.37. The Hall–Kier alpha value is -4.83. The molecular weight excluding hydrogens is 602 g/mol. The summed E-state index contributed by atoms with van der Waals surface area (Å²) in [5.74, 6) is 0.292. The molecule has 0 fully saturated rings. The van der Waals surface area contributed by atoms with Gasteiger partial charge in [0.25, 0.3) is 10.0 Å². The van der Waals surface area contributed by atoms with Crippen LogP contribution in [0.2, 0.25) is 0 Å². The number of hydrogen-bond donors (Lipinski definition) is 1. The van der Waals surface area contributed by atoms with Crippen LogP contribution in [0, 0.1) is 6.92 Å². The van der Waals surface area contributed by atoms with Crippen LogP contribution < -0.4 is 19.1 Å². The molecule has 1 atom stereocenters. The summed E-state index contributed by atoms with van der Waals surface area (Å²) < 4.78 is 40.4. The zero-order valence-electron chi connectivity index (χ0n) is 26.7. The van der Waals surface area contributed by atoms with Gasteiger partial charge in [0.05, 0.1) is 24.3 Å². The van der Waals surface area contributed by atoms with Gasteiger partial charge >= 0.3 is 0 Å². The minimum absolute atomic E-state index is 0.0451. The first-order valence-electron chi connectivity index (χ1n) is 15.2. The highest BCUT2D eigenvalue weighted by Gasteiger charge is 2.34. The van der Waals surface area contributed by atoms with E-state index in [1.807, 2.05) is 63.2 Å². The summed E-state index contributed by atoms with van der Waals surface area (Å²) in [6.45, 7) is 5.86. The van der Waals surface area contributed by atoms with Crippen molar-refractivity contribution < 1.29 is 27.5 Å². The summed E-state index contributed by atoms with van der Waals surface area (Å²) in [6.07, 6.45) is 0.232. The number of carbonyl (C=O) groups excluding carboxylic acids is 2. The maximum atomic E-state index is 14.5. The Bertz CT molecular complexity index is 1690. The van der Waals surface area contributed by atoms with E-state index in [0.29, 0.717) is 24.7 Å². The van der Waals surface area contributed by atoms with Crippen molar-refractivity contribution in [2.24, 2.45) is 0 Å². The minimum atomic E-state index is -4.20. The Labute approximate surface area is 271 Å². The van der Waals surface area contributed by atoms with Gasteiger partial charge in [-0.3, -0.25) is 13.9 Å². The van der Waals surface area contributed by atoms with Crippen LogP contribution >= 0.6 is 0 Å². The molecule has 0 radical (unpaired) electrons.